The Balaban J connectivity index is 1.73. The number of carbonyl (C=O) groups is 2. The lowest BCUT2D eigenvalue weighted by atomic mass is 9.84. The quantitative estimate of drug-likeness (QED) is 0.344. The van der Waals surface area contributed by atoms with Crippen molar-refractivity contribution < 1.29 is 14.7 Å². The predicted molar refractivity (Wildman–Crippen MR) is 120 cm³/mol. The zero-order valence-electron chi connectivity index (χ0n) is 18.2. The molecule has 158 valence electrons. The number of aliphatic hydroxyl groups is 1. The lowest BCUT2D eigenvalue weighted by Crippen LogP contribution is -2.44. The summed E-state index contributed by atoms with van der Waals surface area (Å²) in [5, 5.41) is 11.1. The van der Waals surface area contributed by atoms with Crippen LogP contribution in [0.3, 0.4) is 0 Å². The van der Waals surface area contributed by atoms with Gasteiger partial charge in [-0.2, -0.15) is 0 Å². The number of para-hydroxylation sites is 1. The third-order valence-corrected chi connectivity index (χ3v) is 6.58. The summed E-state index contributed by atoms with van der Waals surface area (Å²) in [5.41, 5.74) is 5.09. The number of H-pyrrole nitrogens is 1. The minimum atomic E-state index is -0.608. The molecule has 0 spiro atoms. The van der Waals surface area contributed by atoms with Gasteiger partial charge in [-0.05, 0) is 35.1 Å². The highest BCUT2D eigenvalue weighted by Gasteiger charge is 2.52. The first-order chi connectivity index (χ1) is 14.7. The van der Waals surface area contributed by atoms with Gasteiger partial charge in [-0.3, -0.25) is 9.59 Å². The second kappa shape index (κ2) is 6.58. The fourth-order valence-electron chi connectivity index (χ4n) is 4.99. The number of rotatable bonds is 1. The van der Waals surface area contributed by atoms with Crippen LogP contribution in [0.25, 0.3) is 10.9 Å². The molecule has 0 saturated carbocycles. The number of hydrogen-bond donors (Lipinski definition) is 2. The summed E-state index contributed by atoms with van der Waals surface area (Å²) in [6.07, 6.45) is 0.442. The van der Waals surface area contributed by atoms with Crippen LogP contribution in [0.15, 0.2) is 59.9 Å². The molecule has 0 bridgehead atoms. The second-order valence-corrected chi connectivity index (χ2v) is 9.59. The van der Waals surface area contributed by atoms with Crippen molar-refractivity contribution in [1.82, 2.24) is 9.88 Å². The number of nitrogens with zero attached hydrogens (tertiary/aromatic N) is 1. The Bertz CT molecular complexity index is 1250. The SMILES string of the molecule is C/C(O)=C1\C(=O)[C@@H]2Cc3c([nH]c4ccccc34)[C@@H](c3ccc(C(C)(C)C)cc3)N2C1=O. The summed E-state index contributed by atoms with van der Waals surface area (Å²) in [7, 11) is 0. The fraction of sp³-hybridized carbons (Fsp3) is 0.308. The molecule has 2 aliphatic heterocycles. The molecule has 5 heteroatoms. The first kappa shape index (κ1) is 19.6. The number of fused-ring (bicyclic) bond motifs is 4. The third kappa shape index (κ3) is 2.83. The molecule has 0 aliphatic carbocycles. The minimum absolute atomic E-state index is 0.0171. The van der Waals surface area contributed by atoms with Crippen molar-refractivity contribution in [3.05, 3.63) is 82.2 Å². The molecule has 3 aromatic rings. The van der Waals surface area contributed by atoms with E-state index < -0.39 is 18.0 Å². The number of benzene rings is 2. The van der Waals surface area contributed by atoms with Gasteiger partial charge < -0.3 is 15.0 Å². The third-order valence-electron chi connectivity index (χ3n) is 6.58. The number of aliphatic hydroxyl groups excluding tert-OH is 1. The van der Waals surface area contributed by atoms with Gasteiger partial charge in [0.25, 0.3) is 5.91 Å². The first-order valence-corrected chi connectivity index (χ1v) is 10.6. The summed E-state index contributed by atoms with van der Waals surface area (Å²) in [4.78, 5) is 31.6. The number of hydrogen-bond acceptors (Lipinski definition) is 3. The van der Waals surface area contributed by atoms with Gasteiger partial charge in [0.05, 0.1) is 6.04 Å². The predicted octanol–water partition coefficient (Wildman–Crippen LogP) is 4.72. The van der Waals surface area contributed by atoms with Gasteiger partial charge in [-0.25, -0.2) is 0 Å². The molecule has 2 N–H and O–H groups in total. The van der Waals surface area contributed by atoms with E-state index in [4.69, 9.17) is 0 Å². The Labute approximate surface area is 181 Å². The monoisotopic (exact) mass is 414 g/mol. The summed E-state index contributed by atoms with van der Waals surface area (Å²) in [6, 6.07) is 15.3. The molecule has 2 aliphatic rings. The Morgan fingerprint density at radius 3 is 2.39 bits per heavy atom. The van der Waals surface area contributed by atoms with Crippen LogP contribution < -0.4 is 0 Å². The molecule has 1 aromatic heterocycles. The van der Waals surface area contributed by atoms with E-state index in [0.717, 1.165) is 27.7 Å². The van der Waals surface area contributed by atoms with E-state index in [9.17, 15) is 14.7 Å². The lowest BCUT2D eigenvalue weighted by Gasteiger charge is -2.37. The zero-order valence-corrected chi connectivity index (χ0v) is 18.2. The van der Waals surface area contributed by atoms with Gasteiger partial charge in [-0.1, -0.05) is 63.2 Å². The standard InChI is InChI=1S/C26H26N2O3/c1-14(29)21-24(30)20-13-18-17-7-5-6-8-19(17)27-22(18)23(28(20)25(21)31)15-9-11-16(12-10-15)26(2,3)4/h5-12,20,23,27,29H,13H2,1-4H3/b21-14-/t20-,23+/m0/s1. The average molecular weight is 415 g/mol. The fourth-order valence-corrected chi connectivity index (χ4v) is 4.99. The smallest absolute Gasteiger partial charge is 0.262 e. The highest BCUT2D eigenvalue weighted by atomic mass is 16.3. The molecule has 1 amide bonds. The van der Waals surface area contributed by atoms with E-state index in [1.165, 1.54) is 12.5 Å². The number of aromatic nitrogens is 1. The number of carbonyl (C=O) groups excluding carboxylic acids is 2. The summed E-state index contributed by atoms with van der Waals surface area (Å²) in [5.74, 6) is -0.902. The summed E-state index contributed by atoms with van der Waals surface area (Å²) < 4.78 is 0. The lowest BCUT2D eigenvalue weighted by molar-refractivity contribution is -0.129. The number of ketones is 1. The largest absolute Gasteiger partial charge is 0.512 e. The van der Waals surface area contributed by atoms with Crippen molar-refractivity contribution >= 4 is 22.6 Å². The molecule has 3 heterocycles. The Kier molecular flexibility index (Phi) is 4.16. The van der Waals surface area contributed by atoms with Gasteiger partial charge in [-0.15, -0.1) is 0 Å². The van der Waals surface area contributed by atoms with Gasteiger partial charge in [0.2, 0.25) is 0 Å². The average Bonchev–Trinajstić information content (AvgIpc) is 3.21. The van der Waals surface area contributed by atoms with E-state index in [1.807, 2.05) is 30.3 Å². The Morgan fingerprint density at radius 2 is 1.74 bits per heavy atom. The van der Waals surface area contributed by atoms with E-state index in [0.29, 0.717) is 6.42 Å². The molecule has 1 saturated heterocycles. The highest BCUT2D eigenvalue weighted by Crippen LogP contribution is 2.45. The molecule has 0 radical (unpaired) electrons. The van der Waals surface area contributed by atoms with Gasteiger partial charge in [0, 0.05) is 23.0 Å². The van der Waals surface area contributed by atoms with E-state index in [2.05, 4.69) is 44.0 Å². The van der Waals surface area contributed by atoms with Gasteiger partial charge >= 0.3 is 0 Å². The Morgan fingerprint density at radius 1 is 1.06 bits per heavy atom. The number of allylic oxidation sites excluding steroid dienone is 1. The minimum Gasteiger partial charge on any atom is -0.512 e. The summed E-state index contributed by atoms with van der Waals surface area (Å²) in [6.45, 7) is 7.90. The van der Waals surface area contributed by atoms with Gasteiger partial charge in [0.15, 0.2) is 5.78 Å². The number of nitrogens with one attached hydrogen (secondary N) is 1. The van der Waals surface area contributed by atoms with E-state index in [1.54, 1.807) is 4.90 Å². The van der Waals surface area contributed by atoms with E-state index in [-0.39, 0.29) is 22.5 Å². The molecule has 5 nitrogen and oxygen atoms in total. The van der Waals surface area contributed by atoms with Crippen molar-refractivity contribution in [2.45, 2.75) is 51.6 Å². The maximum Gasteiger partial charge on any atom is 0.262 e. The van der Waals surface area contributed by atoms with Crippen LogP contribution >= 0.6 is 0 Å². The maximum atomic E-state index is 13.3. The number of Topliss-reactive ketones (excluding diaryl/α,β-unsaturated/α-hetero) is 1. The first-order valence-electron chi connectivity index (χ1n) is 10.6. The van der Waals surface area contributed by atoms with Crippen LogP contribution in [0.1, 0.15) is 56.1 Å². The number of amides is 1. The van der Waals surface area contributed by atoms with Crippen molar-refractivity contribution in [3.63, 3.8) is 0 Å². The van der Waals surface area contributed by atoms with Crippen molar-refractivity contribution in [1.29, 1.82) is 0 Å². The normalized spacial score (nSPS) is 22.6. The Hall–Kier alpha value is -3.34. The van der Waals surface area contributed by atoms with Crippen molar-refractivity contribution in [2.75, 3.05) is 0 Å². The van der Waals surface area contributed by atoms with Crippen LogP contribution in [0, 0.1) is 0 Å². The molecule has 2 aromatic carbocycles. The zero-order chi connectivity index (χ0) is 22.1. The van der Waals surface area contributed by atoms with Crippen LogP contribution in [0.5, 0.6) is 0 Å². The highest BCUT2D eigenvalue weighted by molar-refractivity contribution is 6.27. The van der Waals surface area contributed by atoms with Gasteiger partial charge in [0.1, 0.15) is 17.4 Å². The topological polar surface area (TPSA) is 73.4 Å². The summed E-state index contributed by atoms with van der Waals surface area (Å²) >= 11 is 0. The maximum absolute atomic E-state index is 13.3. The van der Waals surface area contributed by atoms with Crippen molar-refractivity contribution in [3.8, 4) is 0 Å². The van der Waals surface area contributed by atoms with Crippen LogP contribution in [0.4, 0.5) is 0 Å². The molecular weight excluding hydrogens is 388 g/mol. The molecule has 5 rings (SSSR count). The van der Waals surface area contributed by atoms with E-state index >= 15 is 0 Å². The molecule has 31 heavy (non-hydrogen) atoms. The molecule has 2 atom stereocenters. The molecule has 1 fully saturated rings. The van der Waals surface area contributed by atoms with Crippen LogP contribution in [-0.2, 0) is 21.4 Å². The number of aromatic amines is 1. The second-order valence-electron chi connectivity index (χ2n) is 9.59. The van der Waals surface area contributed by atoms with Crippen molar-refractivity contribution in [2.24, 2.45) is 0 Å². The van der Waals surface area contributed by atoms with Crippen LogP contribution in [-0.4, -0.2) is 32.7 Å². The molecule has 0 unspecified atom stereocenters. The van der Waals surface area contributed by atoms with Crippen LogP contribution in [0.2, 0.25) is 0 Å². The molecular formula is C26H26N2O3.